The maximum atomic E-state index is 12.8. The Bertz CT molecular complexity index is 801. The lowest BCUT2D eigenvalue weighted by Gasteiger charge is -2.32. The Morgan fingerprint density at radius 1 is 1.44 bits per heavy atom. The second-order valence-electron chi connectivity index (χ2n) is 6.53. The van der Waals surface area contributed by atoms with Crippen LogP contribution in [0.2, 0.25) is 0 Å². The fraction of sp³-hybridized carbons (Fsp3) is 0.421. The van der Waals surface area contributed by atoms with Crippen LogP contribution >= 0.6 is 0 Å². The quantitative estimate of drug-likeness (QED) is 0.925. The molecule has 1 saturated heterocycles. The largest absolute Gasteiger partial charge is 0.372 e. The van der Waals surface area contributed by atoms with Crippen molar-refractivity contribution in [2.45, 2.75) is 39.4 Å². The molecule has 3 rings (SSSR count). The summed E-state index contributed by atoms with van der Waals surface area (Å²) in [7, 11) is 0. The van der Waals surface area contributed by atoms with Crippen LogP contribution in [0.3, 0.4) is 0 Å². The van der Waals surface area contributed by atoms with Gasteiger partial charge in [-0.05, 0) is 49.9 Å². The zero-order chi connectivity index (χ0) is 17.8. The van der Waals surface area contributed by atoms with Crippen molar-refractivity contribution < 1.29 is 9.53 Å². The van der Waals surface area contributed by atoms with Gasteiger partial charge < -0.3 is 14.6 Å². The summed E-state index contributed by atoms with van der Waals surface area (Å²) in [5.74, 6) is -0.214. The summed E-state index contributed by atoms with van der Waals surface area (Å²) >= 11 is 0. The van der Waals surface area contributed by atoms with Gasteiger partial charge in [0.2, 0.25) is 0 Å². The van der Waals surface area contributed by atoms with Crippen LogP contribution in [0.5, 0.6) is 0 Å². The smallest absolute Gasteiger partial charge is 0.261 e. The molecule has 0 saturated carbocycles. The van der Waals surface area contributed by atoms with Gasteiger partial charge in [-0.3, -0.25) is 14.6 Å². The fourth-order valence-corrected chi connectivity index (χ4v) is 3.23. The van der Waals surface area contributed by atoms with Crippen LogP contribution in [0, 0.1) is 13.8 Å². The van der Waals surface area contributed by atoms with Crippen LogP contribution in [-0.2, 0) is 11.3 Å². The number of rotatable bonds is 4. The molecule has 0 bridgehead atoms. The lowest BCUT2D eigenvalue weighted by molar-refractivity contribution is -0.00688. The van der Waals surface area contributed by atoms with E-state index < -0.39 is 0 Å². The van der Waals surface area contributed by atoms with Crippen molar-refractivity contribution in [1.29, 1.82) is 0 Å². The van der Waals surface area contributed by atoms with Crippen molar-refractivity contribution in [3.05, 3.63) is 63.3 Å². The van der Waals surface area contributed by atoms with Gasteiger partial charge in [0.15, 0.2) is 0 Å². The first-order chi connectivity index (χ1) is 12.0. The molecule has 1 unspecified atom stereocenters. The Hall–Kier alpha value is -2.47. The monoisotopic (exact) mass is 341 g/mol. The summed E-state index contributed by atoms with van der Waals surface area (Å²) in [4.78, 5) is 33.5. The van der Waals surface area contributed by atoms with Gasteiger partial charge in [-0.15, -0.1) is 0 Å². The van der Waals surface area contributed by atoms with E-state index in [1.807, 2.05) is 25.1 Å². The lowest BCUT2D eigenvalue weighted by atomic mass is 10.0. The van der Waals surface area contributed by atoms with Crippen molar-refractivity contribution in [1.82, 2.24) is 14.9 Å². The van der Waals surface area contributed by atoms with E-state index >= 15 is 0 Å². The van der Waals surface area contributed by atoms with E-state index in [4.69, 9.17) is 4.74 Å². The number of pyridine rings is 2. The van der Waals surface area contributed by atoms with E-state index in [-0.39, 0.29) is 23.1 Å². The molecule has 2 aromatic heterocycles. The molecule has 6 nitrogen and oxygen atoms in total. The Morgan fingerprint density at radius 3 is 3.00 bits per heavy atom. The molecule has 0 spiro atoms. The molecule has 1 aliphatic heterocycles. The van der Waals surface area contributed by atoms with E-state index in [9.17, 15) is 9.59 Å². The first-order valence-electron chi connectivity index (χ1n) is 8.55. The normalized spacial score (nSPS) is 17.5. The maximum absolute atomic E-state index is 12.8. The number of hydrogen-bond donors (Lipinski definition) is 1. The summed E-state index contributed by atoms with van der Waals surface area (Å²) in [6.07, 6.45) is 5.26. The van der Waals surface area contributed by atoms with E-state index in [0.29, 0.717) is 25.3 Å². The number of aromatic amines is 1. The Morgan fingerprint density at radius 2 is 2.28 bits per heavy atom. The Kier molecular flexibility index (Phi) is 5.28. The summed E-state index contributed by atoms with van der Waals surface area (Å²) < 4.78 is 5.95. The molecule has 0 aromatic carbocycles. The summed E-state index contributed by atoms with van der Waals surface area (Å²) in [6, 6.07) is 5.67. The van der Waals surface area contributed by atoms with Crippen molar-refractivity contribution in [3.63, 3.8) is 0 Å². The maximum Gasteiger partial charge on any atom is 0.261 e. The topological polar surface area (TPSA) is 75.3 Å². The number of amides is 1. The van der Waals surface area contributed by atoms with Crippen LogP contribution in [0.25, 0.3) is 0 Å². The summed E-state index contributed by atoms with van der Waals surface area (Å²) in [5, 5.41) is 0. The number of aromatic nitrogens is 2. The van der Waals surface area contributed by atoms with E-state index in [2.05, 4.69) is 9.97 Å². The number of nitrogens with zero attached hydrogens (tertiary/aromatic N) is 2. The average Bonchev–Trinajstić information content (AvgIpc) is 2.60. The zero-order valence-corrected chi connectivity index (χ0v) is 14.6. The van der Waals surface area contributed by atoms with Gasteiger partial charge in [0.1, 0.15) is 5.56 Å². The first kappa shape index (κ1) is 17.4. The molecule has 6 heteroatoms. The SMILES string of the molecule is Cc1cc(C)c(C(=O)N2CCCC(OCc3cccnc3)C2)c(=O)[nH]1. The lowest BCUT2D eigenvalue weighted by Crippen LogP contribution is -2.45. The molecule has 0 radical (unpaired) electrons. The molecule has 1 N–H and O–H groups in total. The predicted molar refractivity (Wildman–Crippen MR) is 94.5 cm³/mol. The van der Waals surface area contributed by atoms with Gasteiger partial charge in [-0.25, -0.2) is 0 Å². The highest BCUT2D eigenvalue weighted by atomic mass is 16.5. The number of piperidine rings is 1. The van der Waals surface area contributed by atoms with Crippen LogP contribution in [0.15, 0.2) is 35.4 Å². The standard InChI is InChI=1S/C19H23N3O3/c1-13-9-14(2)21-18(23)17(13)19(24)22-8-4-6-16(11-22)25-12-15-5-3-7-20-10-15/h3,5,7,9-10,16H,4,6,8,11-12H2,1-2H3,(H,21,23). The number of nitrogens with one attached hydrogen (secondary N) is 1. The number of carbonyl (C=O) groups is 1. The molecule has 1 amide bonds. The zero-order valence-electron chi connectivity index (χ0n) is 14.6. The van der Waals surface area contributed by atoms with Crippen LogP contribution in [0.1, 0.15) is 40.0 Å². The fourth-order valence-electron chi connectivity index (χ4n) is 3.23. The van der Waals surface area contributed by atoms with Gasteiger partial charge >= 0.3 is 0 Å². The van der Waals surface area contributed by atoms with Crippen molar-refractivity contribution >= 4 is 5.91 Å². The van der Waals surface area contributed by atoms with Gasteiger partial charge in [-0.1, -0.05) is 6.07 Å². The molecule has 1 atom stereocenters. The molecule has 2 aromatic rings. The molecule has 3 heterocycles. The highest BCUT2D eigenvalue weighted by Gasteiger charge is 2.27. The van der Waals surface area contributed by atoms with Gasteiger partial charge in [-0.2, -0.15) is 0 Å². The second kappa shape index (κ2) is 7.61. The third kappa shape index (κ3) is 4.14. The Labute approximate surface area is 146 Å². The van der Waals surface area contributed by atoms with E-state index in [1.165, 1.54) is 0 Å². The Balaban J connectivity index is 1.67. The molecular formula is C19H23N3O3. The van der Waals surface area contributed by atoms with Crippen LogP contribution in [-0.4, -0.2) is 40.0 Å². The minimum Gasteiger partial charge on any atom is -0.372 e. The number of likely N-dealkylation sites (tertiary alicyclic amines) is 1. The number of hydrogen-bond acceptors (Lipinski definition) is 4. The summed E-state index contributed by atoms with van der Waals surface area (Å²) in [6.45, 7) is 5.25. The minimum absolute atomic E-state index is 0.0252. The third-order valence-electron chi connectivity index (χ3n) is 4.45. The van der Waals surface area contributed by atoms with Crippen LogP contribution < -0.4 is 5.56 Å². The minimum atomic E-state index is -0.319. The average molecular weight is 341 g/mol. The molecule has 1 fully saturated rings. The third-order valence-corrected chi connectivity index (χ3v) is 4.45. The van der Waals surface area contributed by atoms with Crippen molar-refractivity contribution in [3.8, 4) is 0 Å². The second-order valence-corrected chi connectivity index (χ2v) is 6.53. The number of ether oxygens (including phenoxy) is 1. The first-order valence-corrected chi connectivity index (χ1v) is 8.55. The number of carbonyl (C=O) groups excluding carboxylic acids is 1. The molecule has 1 aliphatic rings. The van der Waals surface area contributed by atoms with Crippen LogP contribution in [0.4, 0.5) is 0 Å². The molecule has 25 heavy (non-hydrogen) atoms. The number of H-pyrrole nitrogens is 1. The molecule has 0 aliphatic carbocycles. The number of aryl methyl sites for hydroxylation is 2. The van der Waals surface area contributed by atoms with E-state index in [1.54, 1.807) is 24.2 Å². The van der Waals surface area contributed by atoms with Crippen molar-refractivity contribution in [2.24, 2.45) is 0 Å². The van der Waals surface area contributed by atoms with Gasteiger partial charge in [0, 0.05) is 31.2 Å². The highest BCUT2D eigenvalue weighted by molar-refractivity contribution is 5.95. The van der Waals surface area contributed by atoms with Crippen molar-refractivity contribution in [2.75, 3.05) is 13.1 Å². The highest BCUT2D eigenvalue weighted by Crippen LogP contribution is 2.17. The molecule has 132 valence electrons. The van der Waals surface area contributed by atoms with Gasteiger partial charge in [0.05, 0.1) is 12.7 Å². The summed E-state index contributed by atoms with van der Waals surface area (Å²) in [5.41, 5.74) is 2.40. The van der Waals surface area contributed by atoms with Gasteiger partial charge in [0.25, 0.3) is 11.5 Å². The predicted octanol–water partition coefficient (Wildman–Crippen LogP) is 2.21. The van der Waals surface area contributed by atoms with E-state index in [0.717, 1.165) is 24.1 Å². The molecular weight excluding hydrogens is 318 g/mol.